The van der Waals surface area contributed by atoms with E-state index in [1.54, 1.807) is 16.8 Å². The first-order valence-electron chi connectivity index (χ1n) is 5.83. The summed E-state index contributed by atoms with van der Waals surface area (Å²) in [5.74, 6) is -0.284. The van der Waals surface area contributed by atoms with E-state index >= 15 is 0 Å². The molecule has 1 atom stereocenters. The van der Waals surface area contributed by atoms with Gasteiger partial charge in [0.15, 0.2) is 0 Å². The van der Waals surface area contributed by atoms with E-state index in [-0.39, 0.29) is 17.4 Å². The quantitative estimate of drug-likeness (QED) is 0.795. The monoisotopic (exact) mass is 237 g/mol. The Morgan fingerprint density at radius 3 is 2.71 bits per heavy atom. The van der Waals surface area contributed by atoms with Crippen molar-refractivity contribution in [3.63, 3.8) is 0 Å². The van der Waals surface area contributed by atoms with Crippen molar-refractivity contribution in [3.05, 3.63) is 28.7 Å². The van der Waals surface area contributed by atoms with Crippen LogP contribution in [0.5, 0.6) is 0 Å². The van der Waals surface area contributed by atoms with Crippen LogP contribution < -0.4 is 16.6 Å². The second-order valence-electron chi connectivity index (χ2n) is 3.87. The van der Waals surface area contributed by atoms with Gasteiger partial charge in [-0.3, -0.25) is 9.59 Å². The van der Waals surface area contributed by atoms with Gasteiger partial charge in [-0.25, -0.2) is 0 Å². The third-order valence-electron chi connectivity index (χ3n) is 2.74. The van der Waals surface area contributed by atoms with Gasteiger partial charge in [-0.15, -0.1) is 0 Å². The Labute approximate surface area is 101 Å². The molecule has 0 saturated heterocycles. The zero-order chi connectivity index (χ0) is 12.8. The molecule has 3 N–H and O–H groups in total. The molecule has 1 aromatic heterocycles. The molecule has 0 spiro atoms. The predicted molar refractivity (Wildman–Crippen MR) is 67.8 cm³/mol. The Morgan fingerprint density at radius 2 is 2.18 bits per heavy atom. The van der Waals surface area contributed by atoms with Crippen molar-refractivity contribution in [2.45, 2.75) is 26.8 Å². The molecule has 1 unspecified atom stereocenters. The fourth-order valence-electron chi connectivity index (χ4n) is 1.56. The van der Waals surface area contributed by atoms with E-state index in [0.717, 1.165) is 0 Å². The Hall–Kier alpha value is -1.62. The molecular formula is C12H19N3O2. The van der Waals surface area contributed by atoms with E-state index in [2.05, 4.69) is 5.32 Å². The van der Waals surface area contributed by atoms with Gasteiger partial charge in [0, 0.05) is 25.4 Å². The van der Waals surface area contributed by atoms with Gasteiger partial charge in [0.1, 0.15) is 0 Å². The zero-order valence-electron chi connectivity index (χ0n) is 10.3. The Balaban J connectivity index is 2.81. The lowest BCUT2D eigenvalue weighted by molar-refractivity contribution is -0.119. The molecule has 17 heavy (non-hydrogen) atoms. The van der Waals surface area contributed by atoms with Crippen LogP contribution in [0, 0.1) is 5.92 Å². The van der Waals surface area contributed by atoms with Gasteiger partial charge < -0.3 is 15.6 Å². The summed E-state index contributed by atoms with van der Waals surface area (Å²) in [5, 5.41) is 2.77. The maximum atomic E-state index is 11.8. The number of hydrogen-bond donors (Lipinski definition) is 2. The summed E-state index contributed by atoms with van der Waals surface area (Å²) in [7, 11) is 0. The number of nitrogens with two attached hydrogens (primary N) is 1. The first-order chi connectivity index (χ1) is 8.12. The van der Waals surface area contributed by atoms with Gasteiger partial charge >= 0.3 is 0 Å². The van der Waals surface area contributed by atoms with Crippen molar-refractivity contribution in [2.24, 2.45) is 11.7 Å². The molecule has 0 aliphatic carbocycles. The summed E-state index contributed by atoms with van der Waals surface area (Å²) in [6.07, 6.45) is 2.35. The number of rotatable bonds is 5. The molecule has 0 aromatic carbocycles. The fraction of sp³-hybridized carbons (Fsp3) is 0.500. The molecule has 0 fully saturated rings. The number of hydrogen-bond acceptors (Lipinski definition) is 3. The van der Waals surface area contributed by atoms with Crippen LogP contribution in [-0.4, -0.2) is 17.0 Å². The summed E-state index contributed by atoms with van der Waals surface area (Å²) < 4.78 is 1.54. The lowest BCUT2D eigenvalue weighted by Gasteiger charge is -2.13. The van der Waals surface area contributed by atoms with Crippen LogP contribution in [0.2, 0.25) is 0 Å². The first-order valence-corrected chi connectivity index (χ1v) is 5.83. The molecule has 0 aliphatic rings. The summed E-state index contributed by atoms with van der Waals surface area (Å²) in [6.45, 7) is 4.71. The molecule has 1 aromatic rings. The number of carbonyl (C=O) groups is 1. The predicted octanol–water partition coefficient (Wildman–Crippen LogP) is 0.792. The Morgan fingerprint density at radius 1 is 1.47 bits per heavy atom. The zero-order valence-corrected chi connectivity index (χ0v) is 10.3. The average Bonchev–Trinajstić information content (AvgIpc) is 2.33. The van der Waals surface area contributed by atoms with Gasteiger partial charge in [0.25, 0.3) is 5.56 Å². The van der Waals surface area contributed by atoms with Crippen molar-refractivity contribution in [2.75, 3.05) is 11.9 Å². The van der Waals surface area contributed by atoms with Gasteiger partial charge in [0.2, 0.25) is 5.91 Å². The molecule has 0 radical (unpaired) electrons. The van der Waals surface area contributed by atoms with Gasteiger partial charge in [0.05, 0.1) is 11.6 Å². The molecule has 5 heteroatoms. The standard InChI is InChI=1S/C12H19N3O2/c1-3-9(7-13)12(17)14-10-5-6-11(16)15(4-2)8-10/h5-6,8-9H,3-4,7,13H2,1-2H3,(H,14,17). The van der Waals surface area contributed by atoms with Crippen molar-refractivity contribution in [3.8, 4) is 0 Å². The van der Waals surface area contributed by atoms with E-state index in [1.165, 1.54) is 6.07 Å². The highest BCUT2D eigenvalue weighted by Crippen LogP contribution is 2.08. The van der Waals surface area contributed by atoms with E-state index in [4.69, 9.17) is 5.73 Å². The average molecular weight is 237 g/mol. The van der Waals surface area contributed by atoms with Crippen molar-refractivity contribution in [1.82, 2.24) is 4.57 Å². The third kappa shape index (κ3) is 3.42. The van der Waals surface area contributed by atoms with E-state index in [9.17, 15) is 9.59 Å². The molecule has 1 heterocycles. The summed E-state index contributed by atoms with van der Waals surface area (Å²) in [6, 6.07) is 3.05. The van der Waals surface area contributed by atoms with Crippen LogP contribution in [0.15, 0.2) is 23.1 Å². The maximum Gasteiger partial charge on any atom is 0.250 e. The second-order valence-corrected chi connectivity index (χ2v) is 3.87. The lowest BCUT2D eigenvalue weighted by atomic mass is 10.1. The van der Waals surface area contributed by atoms with Crippen LogP contribution in [-0.2, 0) is 11.3 Å². The Kier molecular flexibility index (Phi) is 4.90. The molecule has 1 rings (SSSR count). The van der Waals surface area contributed by atoms with Gasteiger partial charge in [-0.2, -0.15) is 0 Å². The van der Waals surface area contributed by atoms with Crippen LogP contribution in [0.3, 0.4) is 0 Å². The molecule has 1 amide bonds. The highest BCUT2D eigenvalue weighted by atomic mass is 16.2. The minimum atomic E-state index is -0.183. The molecule has 0 saturated carbocycles. The van der Waals surface area contributed by atoms with Crippen LogP contribution in [0.25, 0.3) is 0 Å². The normalized spacial score (nSPS) is 12.2. The smallest absolute Gasteiger partial charge is 0.250 e. The maximum absolute atomic E-state index is 11.8. The molecule has 0 bridgehead atoms. The Bertz CT molecular complexity index is 436. The molecular weight excluding hydrogens is 218 g/mol. The highest BCUT2D eigenvalue weighted by Gasteiger charge is 2.14. The number of carbonyl (C=O) groups excluding carboxylic acids is 1. The van der Waals surface area contributed by atoms with Gasteiger partial charge in [-0.05, 0) is 19.4 Å². The first kappa shape index (κ1) is 13.4. The topological polar surface area (TPSA) is 77.1 Å². The number of nitrogens with zero attached hydrogens (tertiary/aromatic N) is 1. The fourth-order valence-corrected chi connectivity index (χ4v) is 1.56. The second kappa shape index (κ2) is 6.20. The lowest BCUT2D eigenvalue weighted by Crippen LogP contribution is -2.29. The van der Waals surface area contributed by atoms with Crippen molar-refractivity contribution < 1.29 is 4.79 Å². The molecule has 94 valence electrons. The van der Waals surface area contributed by atoms with E-state index in [1.807, 2.05) is 13.8 Å². The van der Waals surface area contributed by atoms with Crippen molar-refractivity contribution >= 4 is 11.6 Å². The van der Waals surface area contributed by atoms with Crippen LogP contribution in [0.4, 0.5) is 5.69 Å². The number of nitrogens with one attached hydrogen (secondary N) is 1. The summed E-state index contributed by atoms with van der Waals surface area (Å²) in [4.78, 5) is 23.1. The van der Waals surface area contributed by atoms with Crippen molar-refractivity contribution in [1.29, 1.82) is 0 Å². The SMILES string of the molecule is CCC(CN)C(=O)Nc1ccc(=O)n(CC)c1. The molecule has 0 aliphatic heterocycles. The molecule has 5 nitrogen and oxygen atoms in total. The third-order valence-corrected chi connectivity index (χ3v) is 2.74. The number of aryl methyl sites for hydroxylation is 1. The highest BCUT2D eigenvalue weighted by molar-refractivity contribution is 5.92. The number of aromatic nitrogens is 1. The summed E-state index contributed by atoms with van der Waals surface area (Å²) >= 11 is 0. The van der Waals surface area contributed by atoms with Gasteiger partial charge in [-0.1, -0.05) is 6.92 Å². The number of anilines is 1. The van der Waals surface area contributed by atoms with Crippen LogP contribution in [0.1, 0.15) is 20.3 Å². The summed E-state index contributed by atoms with van der Waals surface area (Å²) in [5.41, 5.74) is 6.06. The minimum Gasteiger partial charge on any atom is -0.330 e. The minimum absolute atomic E-state index is 0.0728. The van der Waals surface area contributed by atoms with E-state index < -0.39 is 0 Å². The number of amides is 1. The number of pyridine rings is 1. The largest absolute Gasteiger partial charge is 0.330 e. The van der Waals surface area contributed by atoms with E-state index in [0.29, 0.717) is 25.2 Å². The van der Waals surface area contributed by atoms with Crippen LogP contribution >= 0.6 is 0 Å².